The number of likely N-dealkylation sites (tertiary alicyclic amines) is 1. The van der Waals surface area contributed by atoms with Gasteiger partial charge in [-0.3, -0.25) is 24.1 Å². The zero-order valence-corrected chi connectivity index (χ0v) is 26.2. The van der Waals surface area contributed by atoms with Gasteiger partial charge in [0.1, 0.15) is 35.7 Å². The number of fused-ring (bicyclic) bond motifs is 3. The molecule has 11 nitrogen and oxygen atoms in total. The molecule has 236 valence electrons. The maximum absolute atomic E-state index is 14.1. The van der Waals surface area contributed by atoms with Gasteiger partial charge < -0.3 is 30.3 Å². The molecule has 11 heteroatoms. The van der Waals surface area contributed by atoms with Gasteiger partial charge in [-0.05, 0) is 56.8 Å². The lowest BCUT2D eigenvalue weighted by Gasteiger charge is -2.33. The lowest BCUT2D eigenvalue weighted by atomic mass is 10.0. The first-order chi connectivity index (χ1) is 21.0. The van der Waals surface area contributed by atoms with Gasteiger partial charge in [0.2, 0.25) is 23.6 Å². The Morgan fingerprint density at radius 1 is 1.09 bits per heavy atom. The fourth-order valence-corrected chi connectivity index (χ4v) is 5.37. The third kappa shape index (κ3) is 7.57. The van der Waals surface area contributed by atoms with Crippen LogP contribution in [0.4, 0.5) is 0 Å². The van der Waals surface area contributed by atoms with Crippen molar-refractivity contribution in [3.8, 4) is 11.5 Å². The van der Waals surface area contributed by atoms with Gasteiger partial charge in [0.15, 0.2) is 0 Å². The minimum absolute atomic E-state index is 0.238. The standard InChI is InChI=1S/C33H43N5O6/c1-20(2)28(36-30(39)21(3)37(4)5)33(42)38-17-15-27-29(38)32(41)35-25(18-22-10-8-7-9-11-22)31(40)34-16-14-23-19-24(44-27)12-13-26(23)43-6/h7-14,16,19-21,25,27-29H,15,17-18H2,1-6H3,(H,34,40)(H,35,41)(H,36,39)/b16-14-. The Kier molecular flexibility index (Phi) is 10.6. The Hall–Kier alpha value is -4.38. The Bertz CT molecular complexity index is 1380. The highest BCUT2D eigenvalue weighted by Crippen LogP contribution is 2.30. The fourth-order valence-electron chi connectivity index (χ4n) is 5.37. The van der Waals surface area contributed by atoms with E-state index in [1.807, 2.05) is 44.2 Å². The summed E-state index contributed by atoms with van der Waals surface area (Å²) in [6.45, 7) is 5.70. The fraction of sp³-hybridized carbons (Fsp3) is 0.455. The monoisotopic (exact) mass is 605 g/mol. The molecule has 0 spiro atoms. The molecule has 5 atom stereocenters. The molecular weight excluding hydrogens is 562 g/mol. The number of amides is 4. The van der Waals surface area contributed by atoms with Crippen molar-refractivity contribution < 1.29 is 28.7 Å². The summed E-state index contributed by atoms with van der Waals surface area (Å²) >= 11 is 0. The molecule has 0 aliphatic carbocycles. The number of rotatable bonds is 8. The zero-order valence-electron chi connectivity index (χ0n) is 26.2. The molecule has 2 aliphatic heterocycles. The molecule has 4 amide bonds. The Morgan fingerprint density at radius 3 is 2.48 bits per heavy atom. The van der Waals surface area contributed by atoms with E-state index in [0.29, 0.717) is 23.5 Å². The third-order valence-electron chi connectivity index (χ3n) is 8.17. The van der Waals surface area contributed by atoms with Gasteiger partial charge in [0.25, 0.3) is 0 Å². The molecular formula is C33H43N5O6. The third-order valence-corrected chi connectivity index (χ3v) is 8.17. The molecule has 0 aromatic heterocycles. The number of methoxy groups -OCH3 is 1. The SMILES string of the molecule is COc1ccc2cc1/C=C\NC(=O)C(Cc1ccccc1)NC(=O)C1C(CCN1C(=O)C(NC(=O)C(C)N(C)C)C(C)C)O2. The number of carbonyl (C=O) groups is 4. The topological polar surface area (TPSA) is 129 Å². The molecule has 44 heavy (non-hydrogen) atoms. The molecule has 4 rings (SSSR count). The normalized spacial score (nSPS) is 22.3. The van der Waals surface area contributed by atoms with E-state index in [9.17, 15) is 19.2 Å². The van der Waals surface area contributed by atoms with Gasteiger partial charge in [-0.1, -0.05) is 44.2 Å². The van der Waals surface area contributed by atoms with E-state index < -0.39 is 42.1 Å². The summed E-state index contributed by atoms with van der Waals surface area (Å²) in [5.41, 5.74) is 1.53. The molecule has 0 radical (unpaired) electrons. The summed E-state index contributed by atoms with van der Waals surface area (Å²) in [5, 5.41) is 8.58. The second kappa shape index (κ2) is 14.4. The van der Waals surface area contributed by atoms with Gasteiger partial charge >= 0.3 is 0 Å². The Balaban J connectivity index is 1.70. The van der Waals surface area contributed by atoms with Crippen LogP contribution in [0.2, 0.25) is 0 Å². The number of likely N-dealkylation sites (N-methyl/N-ethyl adjacent to an activating group) is 1. The van der Waals surface area contributed by atoms with Crippen LogP contribution in [0.3, 0.4) is 0 Å². The van der Waals surface area contributed by atoms with Crippen molar-refractivity contribution in [2.24, 2.45) is 5.92 Å². The summed E-state index contributed by atoms with van der Waals surface area (Å²) < 4.78 is 11.9. The van der Waals surface area contributed by atoms with E-state index >= 15 is 0 Å². The predicted octanol–water partition coefficient (Wildman–Crippen LogP) is 1.96. The number of nitrogens with zero attached hydrogens (tertiary/aromatic N) is 2. The van der Waals surface area contributed by atoms with Crippen LogP contribution in [0.15, 0.2) is 54.7 Å². The van der Waals surface area contributed by atoms with Crippen LogP contribution in [0.25, 0.3) is 6.08 Å². The first-order valence-corrected chi connectivity index (χ1v) is 14.9. The largest absolute Gasteiger partial charge is 0.496 e. The van der Waals surface area contributed by atoms with Crippen LogP contribution in [-0.2, 0) is 25.6 Å². The number of carbonyl (C=O) groups excluding carboxylic acids is 4. The number of hydrogen-bond acceptors (Lipinski definition) is 7. The highest BCUT2D eigenvalue weighted by atomic mass is 16.5. The van der Waals surface area contributed by atoms with Gasteiger partial charge in [-0.2, -0.15) is 0 Å². The zero-order chi connectivity index (χ0) is 32.0. The summed E-state index contributed by atoms with van der Waals surface area (Å²) in [6, 6.07) is 11.3. The van der Waals surface area contributed by atoms with E-state index in [-0.39, 0.29) is 30.7 Å². The first-order valence-electron chi connectivity index (χ1n) is 14.9. The second-order valence-corrected chi connectivity index (χ2v) is 11.8. The van der Waals surface area contributed by atoms with Crippen LogP contribution in [-0.4, -0.2) is 91.4 Å². The van der Waals surface area contributed by atoms with Crippen molar-refractivity contribution in [3.63, 3.8) is 0 Å². The number of hydrogen-bond donors (Lipinski definition) is 3. The molecule has 1 fully saturated rings. The summed E-state index contributed by atoms with van der Waals surface area (Å²) in [7, 11) is 5.13. The van der Waals surface area contributed by atoms with E-state index in [1.165, 1.54) is 11.1 Å². The average molecular weight is 606 g/mol. The van der Waals surface area contributed by atoms with Crippen molar-refractivity contribution in [3.05, 3.63) is 65.9 Å². The molecule has 0 saturated carbocycles. The smallest absolute Gasteiger partial charge is 0.247 e. The van der Waals surface area contributed by atoms with Crippen molar-refractivity contribution in [2.75, 3.05) is 27.7 Å². The molecule has 2 bridgehead atoms. The van der Waals surface area contributed by atoms with E-state index in [0.717, 1.165) is 5.56 Å². The molecule has 2 aromatic rings. The Morgan fingerprint density at radius 2 is 1.82 bits per heavy atom. The molecule has 2 heterocycles. The molecule has 1 saturated heterocycles. The number of nitrogens with one attached hydrogen (secondary N) is 3. The molecule has 5 unspecified atom stereocenters. The van der Waals surface area contributed by atoms with Crippen molar-refractivity contribution >= 4 is 29.7 Å². The molecule has 2 aromatic carbocycles. The van der Waals surface area contributed by atoms with Crippen LogP contribution >= 0.6 is 0 Å². The van der Waals surface area contributed by atoms with Crippen molar-refractivity contribution in [1.82, 2.24) is 25.8 Å². The summed E-state index contributed by atoms with van der Waals surface area (Å²) in [5.74, 6) is -0.763. The minimum atomic E-state index is -1.04. The van der Waals surface area contributed by atoms with Crippen molar-refractivity contribution in [2.45, 2.75) is 63.9 Å². The van der Waals surface area contributed by atoms with E-state index in [2.05, 4.69) is 16.0 Å². The second-order valence-electron chi connectivity index (χ2n) is 11.8. The Labute approximate surface area is 258 Å². The van der Waals surface area contributed by atoms with Crippen LogP contribution in [0.5, 0.6) is 11.5 Å². The lowest BCUT2D eigenvalue weighted by molar-refractivity contribution is -0.144. The van der Waals surface area contributed by atoms with Crippen LogP contribution < -0.4 is 25.4 Å². The van der Waals surface area contributed by atoms with Crippen LogP contribution in [0, 0.1) is 5.92 Å². The van der Waals surface area contributed by atoms with Gasteiger partial charge in [-0.15, -0.1) is 0 Å². The summed E-state index contributed by atoms with van der Waals surface area (Å²) in [6.07, 6.45) is 3.13. The highest BCUT2D eigenvalue weighted by Gasteiger charge is 2.46. The molecule has 2 aliphatic rings. The maximum Gasteiger partial charge on any atom is 0.247 e. The van der Waals surface area contributed by atoms with Crippen LogP contribution in [0.1, 0.15) is 38.3 Å². The van der Waals surface area contributed by atoms with Crippen molar-refractivity contribution in [1.29, 1.82) is 0 Å². The summed E-state index contributed by atoms with van der Waals surface area (Å²) in [4.78, 5) is 57.8. The quantitative estimate of drug-likeness (QED) is 0.420. The minimum Gasteiger partial charge on any atom is -0.496 e. The first kappa shape index (κ1) is 32.5. The number of ether oxygens (including phenoxy) is 2. The predicted molar refractivity (Wildman–Crippen MR) is 167 cm³/mol. The van der Waals surface area contributed by atoms with E-state index in [1.54, 1.807) is 57.3 Å². The van der Waals surface area contributed by atoms with E-state index in [4.69, 9.17) is 9.47 Å². The van der Waals surface area contributed by atoms with Gasteiger partial charge in [-0.25, -0.2) is 0 Å². The number of benzene rings is 2. The maximum atomic E-state index is 14.1. The highest BCUT2D eigenvalue weighted by molar-refractivity contribution is 5.96. The molecule has 3 N–H and O–H groups in total. The average Bonchev–Trinajstić information content (AvgIpc) is 3.42. The van der Waals surface area contributed by atoms with Gasteiger partial charge in [0.05, 0.1) is 13.2 Å². The van der Waals surface area contributed by atoms with Gasteiger partial charge in [0, 0.05) is 31.1 Å². The lowest BCUT2D eigenvalue weighted by Crippen LogP contribution is -2.60.